The Bertz CT molecular complexity index is 789. The van der Waals surface area contributed by atoms with Crippen molar-refractivity contribution in [1.82, 2.24) is 14.8 Å². The fourth-order valence-corrected chi connectivity index (χ4v) is 6.72. The number of nitrogens with two attached hydrogens (primary N) is 1. The first-order chi connectivity index (χ1) is 14.6. The number of pyridine rings is 1. The molecule has 1 aromatic heterocycles. The summed E-state index contributed by atoms with van der Waals surface area (Å²) in [4.78, 5) is 34.7. The number of fused-ring (bicyclic) bond motifs is 4. The van der Waals surface area contributed by atoms with Crippen molar-refractivity contribution >= 4 is 17.6 Å². The van der Waals surface area contributed by atoms with E-state index < -0.39 is 0 Å². The molecule has 0 radical (unpaired) electrons. The van der Waals surface area contributed by atoms with Gasteiger partial charge in [-0.05, 0) is 55.6 Å². The van der Waals surface area contributed by atoms with Gasteiger partial charge in [-0.1, -0.05) is 32.1 Å². The quantitative estimate of drug-likeness (QED) is 0.827. The summed E-state index contributed by atoms with van der Waals surface area (Å²) >= 11 is 0. The second kappa shape index (κ2) is 8.20. The lowest BCUT2D eigenvalue weighted by Crippen LogP contribution is -2.65. The number of nitrogen functional groups attached to an aromatic ring is 1. The third-order valence-corrected chi connectivity index (χ3v) is 8.12. The van der Waals surface area contributed by atoms with E-state index in [4.69, 9.17) is 5.73 Å². The summed E-state index contributed by atoms with van der Waals surface area (Å²) in [6.07, 6.45) is 13.3. The predicted molar refractivity (Wildman–Crippen MR) is 116 cm³/mol. The van der Waals surface area contributed by atoms with Crippen molar-refractivity contribution in [2.75, 3.05) is 18.8 Å². The van der Waals surface area contributed by atoms with Crippen LogP contribution in [0, 0.1) is 17.8 Å². The van der Waals surface area contributed by atoms with Crippen LogP contribution < -0.4 is 5.73 Å². The predicted octanol–water partition coefficient (Wildman–Crippen LogP) is 3.48. The molecular weight excluding hydrogens is 376 g/mol. The summed E-state index contributed by atoms with van der Waals surface area (Å²) in [7, 11) is 0. The van der Waals surface area contributed by atoms with E-state index in [1.165, 1.54) is 32.1 Å². The van der Waals surface area contributed by atoms with Gasteiger partial charge in [0.05, 0.1) is 5.56 Å². The van der Waals surface area contributed by atoms with Crippen LogP contribution in [0.15, 0.2) is 18.3 Å². The molecule has 1 aromatic rings. The highest BCUT2D eigenvalue weighted by Crippen LogP contribution is 2.44. The minimum absolute atomic E-state index is 0.0594. The van der Waals surface area contributed by atoms with E-state index in [9.17, 15) is 9.59 Å². The number of carbonyl (C=O) groups is 2. The lowest BCUT2D eigenvalue weighted by Gasteiger charge is -2.57. The Morgan fingerprint density at radius 1 is 1.07 bits per heavy atom. The van der Waals surface area contributed by atoms with Crippen LogP contribution in [-0.2, 0) is 4.79 Å². The zero-order valence-corrected chi connectivity index (χ0v) is 17.8. The molecule has 0 unspecified atom stereocenters. The van der Waals surface area contributed by atoms with E-state index in [2.05, 4.69) is 9.88 Å². The third-order valence-electron chi connectivity index (χ3n) is 8.12. The van der Waals surface area contributed by atoms with Crippen LogP contribution in [0.1, 0.15) is 74.6 Å². The van der Waals surface area contributed by atoms with Crippen molar-refractivity contribution in [3.05, 3.63) is 23.9 Å². The molecule has 4 heterocycles. The number of aromatic nitrogens is 1. The van der Waals surface area contributed by atoms with E-state index in [1.54, 1.807) is 18.3 Å². The number of amides is 2. The highest BCUT2D eigenvalue weighted by atomic mass is 16.2. The molecule has 3 saturated heterocycles. The van der Waals surface area contributed by atoms with Crippen LogP contribution in [0.2, 0.25) is 0 Å². The zero-order chi connectivity index (χ0) is 20.7. The third kappa shape index (κ3) is 3.69. The van der Waals surface area contributed by atoms with Gasteiger partial charge in [0, 0.05) is 37.8 Å². The molecule has 2 amide bonds. The SMILES string of the molecule is Nc1ccc(C(=O)N2C[C@H]3C[C@@H](C2)[C@H](CC2CCCCC2)N2C(=O)CCC[C@@H]32)cn1. The lowest BCUT2D eigenvalue weighted by molar-refractivity contribution is -0.153. The topological polar surface area (TPSA) is 79.5 Å². The van der Waals surface area contributed by atoms with Crippen LogP contribution in [0.3, 0.4) is 0 Å². The molecular formula is C24H34N4O2. The maximum atomic E-state index is 13.2. The fraction of sp³-hybridized carbons (Fsp3) is 0.708. The average Bonchev–Trinajstić information content (AvgIpc) is 2.77. The molecule has 6 heteroatoms. The van der Waals surface area contributed by atoms with Gasteiger partial charge < -0.3 is 15.5 Å². The van der Waals surface area contributed by atoms with Crippen LogP contribution in [0.4, 0.5) is 5.82 Å². The second-order valence-electron chi connectivity index (χ2n) is 10.0. The van der Waals surface area contributed by atoms with Crippen LogP contribution >= 0.6 is 0 Å². The summed E-state index contributed by atoms with van der Waals surface area (Å²) in [6.45, 7) is 1.51. The number of anilines is 1. The molecule has 4 atom stereocenters. The lowest BCUT2D eigenvalue weighted by atomic mass is 9.69. The summed E-state index contributed by atoms with van der Waals surface area (Å²) in [5, 5.41) is 0. The number of rotatable bonds is 3. The molecule has 4 fully saturated rings. The Balaban J connectivity index is 1.39. The Morgan fingerprint density at radius 3 is 2.63 bits per heavy atom. The Hall–Kier alpha value is -2.11. The summed E-state index contributed by atoms with van der Waals surface area (Å²) in [5.74, 6) is 2.40. The number of carbonyl (C=O) groups excluding carboxylic acids is 2. The molecule has 0 spiro atoms. The molecule has 1 saturated carbocycles. The molecule has 5 rings (SSSR count). The molecule has 6 nitrogen and oxygen atoms in total. The van der Waals surface area contributed by atoms with E-state index >= 15 is 0 Å². The van der Waals surface area contributed by atoms with Gasteiger partial charge in [0.25, 0.3) is 5.91 Å². The first kappa shape index (κ1) is 19.8. The van der Waals surface area contributed by atoms with Gasteiger partial charge in [0.1, 0.15) is 5.82 Å². The minimum Gasteiger partial charge on any atom is -0.384 e. The molecule has 2 bridgehead atoms. The summed E-state index contributed by atoms with van der Waals surface area (Å²) < 4.78 is 0. The normalized spacial score (nSPS) is 32.1. The van der Waals surface area contributed by atoms with Crippen molar-refractivity contribution in [2.24, 2.45) is 17.8 Å². The highest BCUT2D eigenvalue weighted by molar-refractivity contribution is 5.94. The molecule has 30 heavy (non-hydrogen) atoms. The van der Waals surface area contributed by atoms with E-state index in [-0.39, 0.29) is 5.91 Å². The van der Waals surface area contributed by atoms with E-state index in [0.29, 0.717) is 47.6 Å². The van der Waals surface area contributed by atoms with Gasteiger partial charge in [-0.15, -0.1) is 0 Å². The van der Waals surface area contributed by atoms with Crippen molar-refractivity contribution in [3.63, 3.8) is 0 Å². The standard InChI is InChI=1S/C24H34N4O2/c25-22-10-9-17(13-26-22)24(30)27-14-18-12-19(15-27)21(11-16-5-2-1-3-6-16)28-20(18)7-4-8-23(28)29/h9-10,13,16,18-21H,1-8,11-12,14-15H2,(H2,25,26)/t18-,19+,20+,21+/m1/s1. The fourth-order valence-electron chi connectivity index (χ4n) is 6.72. The molecule has 3 aliphatic heterocycles. The Morgan fingerprint density at radius 2 is 1.87 bits per heavy atom. The Labute approximate surface area is 179 Å². The number of piperidine rings is 3. The molecule has 4 aliphatic rings. The van der Waals surface area contributed by atoms with Crippen LogP contribution in [0.5, 0.6) is 0 Å². The number of hydrogen-bond acceptors (Lipinski definition) is 4. The molecule has 2 N–H and O–H groups in total. The number of nitrogens with zero attached hydrogens (tertiary/aromatic N) is 3. The minimum atomic E-state index is 0.0594. The molecule has 162 valence electrons. The van der Waals surface area contributed by atoms with Gasteiger partial charge in [0.2, 0.25) is 5.91 Å². The average molecular weight is 411 g/mol. The van der Waals surface area contributed by atoms with E-state index in [0.717, 1.165) is 44.7 Å². The van der Waals surface area contributed by atoms with Gasteiger partial charge in [-0.25, -0.2) is 4.98 Å². The van der Waals surface area contributed by atoms with Gasteiger partial charge in [-0.2, -0.15) is 0 Å². The van der Waals surface area contributed by atoms with Crippen molar-refractivity contribution < 1.29 is 9.59 Å². The first-order valence-corrected chi connectivity index (χ1v) is 11.9. The van der Waals surface area contributed by atoms with Gasteiger partial charge >= 0.3 is 0 Å². The Kier molecular flexibility index (Phi) is 5.42. The summed E-state index contributed by atoms with van der Waals surface area (Å²) in [6, 6.07) is 4.11. The maximum absolute atomic E-state index is 13.2. The van der Waals surface area contributed by atoms with Crippen molar-refractivity contribution in [2.45, 2.75) is 76.3 Å². The smallest absolute Gasteiger partial charge is 0.255 e. The number of hydrogen-bond donors (Lipinski definition) is 1. The highest BCUT2D eigenvalue weighted by Gasteiger charge is 2.50. The zero-order valence-electron chi connectivity index (χ0n) is 17.8. The van der Waals surface area contributed by atoms with E-state index in [1.807, 2.05) is 4.90 Å². The van der Waals surface area contributed by atoms with Crippen molar-refractivity contribution in [3.8, 4) is 0 Å². The van der Waals surface area contributed by atoms with Crippen LogP contribution in [0.25, 0.3) is 0 Å². The first-order valence-electron chi connectivity index (χ1n) is 11.9. The molecule has 0 aromatic carbocycles. The van der Waals surface area contributed by atoms with Crippen LogP contribution in [-0.4, -0.2) is 51.8 Å². The molecule has 1 aliphatic carbocycles. The monoisotopic (exact) mass is 410 g/mol. The van der Waals surface area contributed by atoms with Crippen molar-refractivity contribution in [1.29, 1.82) is 0 Å². The summed E-state index contributed by atoms with van der Waals surface area (Å²) in [5.41, 5.74) is 6.32. The second-order valence-corrected chi connectivity index (χ2v) is 10.0. The maximum Gasteiger partial charge on any atom is 0.255 e. The van der Waals surface area contributed by atoms with Gasteiger partial charge in [0.15, 0.2) is 0 Å². The largest absolute Gasteiger partial charge is 0.384 e. The number of likely N-dealkylation sites (tertiary alicyclic amines) is 1. The van der Waals surface area contributed by atoms with Gasteiger partial charge in [-0.3, -0.25) is 9.59 Å².